The van der Waals surface area contributed by atoms with E-state index < -0.39 is 10.0 Å². The topological polar surface area (TPSA) is 38.7 Å². The zero-order chi connectivity index (χ0) is 36.6. The van der Waals surface area contributed by atoms with Crippen LogP contribution < -0.4 is 0 Å². The van der Waals surface area contributed by atoms with E-state index in [-0.39, 0.29) is 0 Å². The third-order valence-corrected chi connectivity index (χ3v) is 14.3. The van der Waals surface area contributed by atoms with Gasteiger partial charge >= 0.3 is 0 Å². The lowest BCUT2D eigenvalue weighted by atomic mass is 9.95. The van der Waals surface area contributed by atoms with E-state index in [0.29, 0.717) is 17.5 Å². The molecule has 3 nitrogen and oxygen atoms in total. The highest BCUT2D eigenvalue weighted by atomic mass is 32.3. The van der Waals surface area contributed by atoms with Crippen molar-refractivity contribution in [3.8, 4) is 67.5 Å². The van der Waals surface area contributed by atoms with Gasteiger partial charge in [-0.2, -0.15) is 0 Å². The number of hydrogen-bond donors (Lipinski definition) is 0. The molecule has 10 rings (SSSR count). The zero-order valence-corrected chi connectivity index (χ0v) is 30.8. The zero-order valence-electron chi connectivity index (χ0n) is 30.0. The minimum Gasteiger partial charge on any atom is -0.208 e. The molecule has 0 saturated heterocycles. The highest BCUT2D eigenvalue weighted by Crippen LogP contribution is 2.80. The molecule has 0 fully saturated rings. The van der Waals surface area contributed by atoms with Gasteiger partial charge in [-0.3, -0.25) is 0 Å². The normalized spacial score (nSPS) is 13.1. The Balaban J connectivity index is 1.25. The summed E-state index contributed by atoms with van der Waals surface area (Å²) in [7, 11) is -1.84. The molecule has 2 heterocycles. The lowest BCUT2D eigenvalue weighted by molar-refractivity contribution is 1.07. The Kier molecular flexibility index (Phi) is 8.24. The standard InChI is InChI=1S/C51H35N3S/c1-6-19-36(20-7-1)39-33-40(37-21-8-2-9-22-37)35-41(34-39)50-52-49(38-23-10-3-11-24-38)53-51(54-50)45-30-18-32-47-48(45)44-29-16-17-31-46(44)55(47,42-25-12-4-13-26-42)43-27-14-5-15-28-43/h1-35H. The summed E-state index contributed by atoms with van der Waals surface area (Å²) in [6.45, 7) is 0. The van der Waals surface area contributed by atoms with E-state index in [2.05, 4.69) is 194 Å². The van der Waals surface area contributed by atoms with E-state index >= 15 is 0 Å². The molecule has 9 aromatic rings. The van der Waals surface area contributed by atoms with E-state index in [4.69, 9.17) is 15.0 Å². The number of hydrogen-bond acceptors (Lipinski definition) is 3. The highest BCUT2D eigenvalue weighted by molar-refractivity contribution is 8.34. The summed E-state index contributed by atoms with van der Waals surface area (Å²) in [4.78, 5) is 21.1. The lowest BCUT2D eigenvalue weighted by Gasteiger charge is -2.39. The van der Waals surface area contributed by atoms with Crippen molar-refractivity contribution in [1.82, 2.24) is 15.0 Å². The minimum absolute atomic E-state index is 0.632. The van der Waals surface area contributed by atoms with Crippen molar-refractivity contribution in [1.29, 1.82) is 0 Å². The number of fused-ring (bicyclic) bond motifs is 3. The minimum atomic E-state index is -1.84. The van der Waals surface area contributed by atoms with E-state index in [1.807, 2.05) is 18.2 Å². The molecular formula is C51H35N3S. The molecule has 8 aromatic carbocycles. The summed E-state index contributed by atoms with van der Waals surface area (Å²) >= 11 is 0. The lowest BCUT2D eigenvalue weighted by Crippen LogP contribution is -2.03. The van der Waals surface area contributed by atoms with Crippen LogP contribution in [0.4, 0.5) is 0 Å². The molecule has 55 heavy (non-hydrogen) atoms. The first-order chi connectivity index (χ1) is 27.3. The maximum absolute atomic E-state index is 5.40. The van der Waals surface area contributed by atoms with Crippen LogP contribution in [0.3, 0.4) is 0 Å². The smallest absolute Gasteiger partial charge is 0.164 e. The Morgan fingerprint density at radius 1 is 0.273 bits per heavy atom. The largest absolute Gasteiger partial charge is 0.208 e. The number of nitrogens with zero attached hydrogens (tertiary/aromatic N) is 3. The average Bonchev–Trinajstić information content (AvgIpc) is 3.59. The maximum Gasteiger partial charge on any atom is 0.164 e. The van der Waals surface area contributed by atoms with E-state index in [1.165, 1.54) is 30.7 Å². The molecule has 0 atom stereocenters. The predicted octanol–water partition coefficient (Wildman–Crippen LogP) is 13.5. The molecule has 0 bridgehead atoms. The van der Waals surface area contributed by atoms with Crippen LogP contribution >= 0.6 is 10.0 Å². The van der Waals surface area contributed by atoms with Crippen LogP contribution in [0, 0.1) is 0 Å². The molecule has 0 unspecified atom stereocenters. The van der Waals surface area contributed by atoms with Gasteiger partial charge in [0.15, 0.2) is 17.5 Å². The molecule has 0 N–H and O–H groups in total. The van der Waals surface area contributed by atoms with Gasteiger partial charge in [-0.1, -0.05) is 158 Å². The van der Waals surface area contributed by atoms with Crippen molar-refractivity contribution in [2.24, 2.45) is 0 Å². The molecule has 1 aliphatic heterocycles. The quantitative estimate of drug-likeness (QED) is 0.164. The monoisotopic (exact) mass is 721 g/mol. The van der Waals surface area contributed by atoms with Gasteiger partial charge in [0.05, 0.1) is 0 Å². The fourth-order valence-electron chi connectivity index (χ4n) is 7.90. The molecule has 0 amide bonds. The third kappa shape index (κ3) is 5.67. The van der Waals surface area contributed by atoms with Crippen molar-refractivity contribution in [3.63, 3.8) is 0 Å². The van der Waals surface area contributed by atoms with Crippen molar-refractivity contribution in [2.75, 3.05) is 0 Å². The van der Waals surface area contributed by atoms with Crippen molar-refractivity contribution >= 4 is 10.0 Å². The van der Waals surface area contributed by atoms with Crippen molar-refractivity contribution < 1.29 is 0 Å². The second kappa shape index (κ2) is 13.8. The van der Waals surface area contributed by atoms with Crippen LogP contribution in [-0.2, 0) is 0 Å². The van der Waals surface area contributed by atoms with Crippen LogP contribution in [-0.4, -0.2) is 15.0 Å². The summed E-state index contributed by atoms with van der Waals surface area (Å²) in [5, 5.41) is 0. The molecule has 4 heteroatoms. The predicted molar refractivity (Wildman–Crippen MR) is 226 cm³/mol. The Labute approximate surface area is 323 Å². The molecule has 0 aliphatic carbocycles. The Morgan fingerprint density at radius 3 is 1.24 bits per heavy atom. The van der Waals surface area contributed by atoms with E-state index in [9.17, 15) is 0 Å². The Morgan fingerprint density at radius 2 is 0.673 bits per heavy atom. The third-order valence-electron chi connectivity index (χ3n) is 10.3. The molecule has 0 spiro atoms. The van der Waals surface area contributed by atoms with Gasteiger partial charge in [0, 0.05) is 41.8 Å². The molecule has 0 radical (unpaired) electrons. The van der Waals surface area contributed by atoms with Gasteiger partial charge in [0.2, 0.25) is 0 Å². The molecule has 0 saturated carbocycles. The van der Waals surface area contributed by atoms with Crippen molar-refractivity contribution in [3.05, 3.63) is 212 Å². The highest BCUT2D eigenvalue weighted by Gasteiger charge is 2.43. The van der Waals surface area contributed by atoms with Crippen LogP contribution in [0.2, 0.25) is 0 Å². The SMILES string of the molecule is c1ccc(-c2cc(-c3ccccc3)cc(-c3nc(-c4ccccc4)nc(-c4cccc5c4-c4ccccc4S5(c4ccccc4)c4ccccc4)n3)c2)cc1. The average molecular weight is 722 g/mol. The second-order valence-electron chi connectivity index (χ2n) is 13.6. The first-order valence-electron chi connectivity index (χ1n) is 18.5. The first-order valence-corrected chi connectivity index (χ1v) is 20.1. The van der Waals surface area contributed by atoms with Crippen LogP contribution in [0.1, 0.15) is 0 Å². The van der Waals surface area contributed by atoms with Gasteiger partial charge in [-0.25, -0.2) is 15.0 Å². The van der Waals surface area contributed by atoms with Gasteiger partial charge in [-0.05, 0) is 82.4 Å². The van der Waals surface area contributed by atoms with Crippen molar-refractivity contribution in [2.45, 2.75) is 19.6 Å². The van der Waals surface area contributed by atoms with E-state index in [0.717, 1.165) is 38.9 Å². The Bertz CT molecular complexity index is 2690. The van der Waals surface area contributed by atoms with Gasteiger partial charge < -0.3 is 0 Å². The molecular weight excluding hydrogens is 687 g/mol. The summed E-state index contributed by atoms with van der Waals surface area (Å²) in [5.41, 5.74) is 9.75. The van der Waals surface area contributed by atoms with Gasteiger partial charge in [-0.15, -0.1) is 10.0 Å². The number of rotatable bonds is 7. The van der Waals surface area contributed by atoms with Gasteiger partial charge in [0.25, 0.3) is 0 Å². The summed E-state index contributed by atoms with van der Waals surface area (Å²) in [6, 6.07) is 75.6. The fourth-order valence-corrected chi connectivity index (χ4v) is 12.1. The maximum atomic E-state index is 5.40. The van der Waals surface area contributed by atoms with Crippen LogP contribution in [0.25, 0.3) is 67.5 Å². The summed E-state index contributed by atoms with van der Waals surface area (Å²) in [5.74, 6) is 1.92. The first kappa shape index (κ1) is 32.7. The van der Waals surface area contributed by atoms with Gasteiger partial charge in [0.1, 0.15) is 0 Å². The molecule has 1 aliphatic rings. The number of aromatic nitrogens is 3. The fraction of sp³-hybridized carbons (Fsp3) is 0. The van der Waals surface area contributed by atoms with Crippen LogP contribution in [0.5, 0.6) is 0 Å². The molecule has 260 valence electrons. The number of benzene rings is 8. The van der Waals surface area contributed by atoms with Crippen LogP contribution in [0.15, 0.2) is 232 Å². The Hall–Kier alpha value is -6.88. The molecule has 1 aromatic heterocycles. The second-order valence-corrected chi connectivity index (χ2v) is 16.7. The summed E-state index contributed by atoms with van der Waals surface area (Å²) < 4.78 is 0. The van der Waals surface area contributed by atoms with E-state index in [1.54, 1.807) is 0 Å². The summed E-state index contributed by atoms with van der Waals surface area (Å²) in [6.07, 6.45) is 0.